The zero-order valence-corrected chi connectivity index (χ0v) is 11.2. The molecule has 0 fully saturated rings. The van der Waals surface area contributed by atoms with E-state index in [1.165, 1.54) is 6.92 Å². The molecule has 0 saturated carbocycles. The molecule has 110 valence electrons. The summed E-state index contributed by atoms with van der Waals surface area (Å²) in [6, 6.07) is 2.14. The van der Waals surface area contributed by atoms with Crippen LogP contribution in [0.2, 0.25) is 5.02 Å². The van der Waals surface area contributed by atoms with Gasteiger partial charge < -0.3 is 20.7 Å². The lowest BCUT2D eigenvalue weighted by atomic mass is 10.0. The first-order valence-electron chi connectivity index (χ1n) is 5.55. The van der Waals surface area contributed by atoms with Crippen LogP contribution in [-0.2, 0) is 9.53 Å². The molecule has 1 aromatic carbocycles. The summed E-state index contributed by atoms with van der Waals surface area (Å²) in [4.78, 5) is 21.3. The standard InChI is InChI=1S/C11H13ClN2O6/c1-2-20-11(17)10(16)9(15)6-3-5(12)4-7(8(6)13)14(18)19/h3-4,9-10,15-16H,2,13H2,1H3. The highest BCUT2D eigenvalue weighted by atomic mass is 35.5. The summed E-state index contributed by atoms with van der Waals surface area (Å²) in [5, 5.41) is 30.2. The molecule has 0 heterocycles. The van der Waals surface area contributed by atoms with E-state index in [0.717, 1.165) is 12.1 Å². The van der Waals surface area contributed by atoms with Gasteiger partial charge in [0.15, 0.2) is 6.10 Å². The van der Waals surface area contributed by atoms with Gasteiger partial charge in [0, 0.05) is 16.7 Å². The van der Waals surface area contributed by atoms with Crippen LogP contribution in [0.4, 0.5) is 11.4 Å². The topological polar surface area (TPSA) is 136 Å². The number of carbonyl (C=O) groups excluding carboxylic acids is 1. The van der Waals surface area contributed by atoms with E-state index in [9.17, 15) is 25.1 Å². The highest BCUT2D eigenvalue weighted by Crippen LogP contribution is 2.34. The number of esters is 1. The van der Waals surface area contributed by atoms with Crippen LogP contribution in [0.25, 0.3) is 0 Å². The van der Waals surface area contributed by atoms with Crippen LogP contribution in [-0.4, -0.2) is 33.8 Å². The monoisotopic (exact) mass is 304 g/mol. The molecule has 0 aliphatic heterocycles. The zero-order chi connectivity index (χ0) is 15.4. The van der Waals surface area contributed by atoms with Gasteiger partial charge in [0.05, 0.1) is 11.5 Å². The zero-order valence-electron chi connectivity index (χ0n) is 10.4. The van der Waals surface area contributed by atoms with Crippen LogP contribution in [0.5, 0.6) is 0 Å². The van der Waals surface area contributed by atoms with Crippen LogP contribution in [0.3, 0.4) is 0 Å². The minimum atomic E-state index is -1.92. The fourth-order valence-corrected chi connectivity index (χ4v) is 1.77. The number of carbonyl (C=O) groups is 1. The van der Waals surface area contributed by atoms with Crippen LogP contribution >= 0.6 is 11.6 Å². The third kappa shape index (κ3) is 3.35. The highest BCUT2D eigenvalue weighted by molar-refractivity contribution is 6.31. The third-order valence-electron chi connectivity index (χ3n) is 2.50. The van der Waals surface area contributed by atoms with E-state index in [4.69, 9.17) is 17.3 Å². The average Bonchev–Trinajstić information content (AvgIpc) is 2.39. The number of nitro groups is 1. The van der Waals surface area contributed by atoms with Crippen molar-refractivity contribution in [1.82, 2.24) is 0 Å². The van der Waals surface area contributed by atoms with E-state index in [2.05, 4.69) is 4.74 Å². The Kier molecular flexibility index (Phi) is 5.26. The molecule has 8 nitrogen and oxygen atoms in total. The SMILES string of the molecule is CCOC(=O)C(O)C(O)c1cc(Cl)cc([N+](=O)[O-])c1N. The molecular formula is C11H13ClN2O6. The van der Waals surface area contributed by atoms with Gasteiger partial charge >= 0.3 is 5.97 Å². The molecule has 9 heteroatoms. The summed E-state index contributed by atoms with van der Waals surface area (Å²) >= 11 is 5.69. The Hall–Kier alpha value is -1.90. The Morgan fingerprint density at radius 3 is 2.65 bits per heavy atom. The predicted molar refractivity (Wildman–Crippen MR) is 70.1 cm³/mol. The van der Waals surface area contributed by atoms with Crippen molar-refractivity contribution in [3.8, 4) is 0 Å². The number of benzene rings is 1. The van der Waals surface area contributed by atoms with Crippen LogP contribution in [0.1, 0.15) is 18.6 Å². The number of nitrogens with zero attached hydrogens (tertiary/aromatic N) is 1. The Balaban J connectivity index is 3.19. The van der Waals surface area contributed by atoms with Crippen LogP contribution < -0.4 is 5.73 Å². The van der Waals surface area contributed by atoms with E-state index >= 15 is 0 Å². The van der Waals surface area contributed by atoms with Crippen molar-refractivity contribution < 1.29 is 24.7 Å². The number of halogens is 1. The van der Waals surface area contributed by atoms with Gasteiger partial charge in [-0.2, -0.15) is 0 Å². The van der Waals surface area contributed by atoms with E-state index in [0.29, 0.717) is 0 Å². The van der Waals surface area contributed by atoms with Crippen molar-refractivity contribution in [2.24, 2.45) is 0 Å². The molecule has 0 aliphatic rings. The lowest BCUT2D eigenvalue weighted by molar-refractivity contribution is -0.384. The fourth-order valence-electron chi connectivity index (χ4n) is 1.55. The molecule has 0 radical (unpaired) electrons. The molecular weight excluding hydrogens is 292 g/mol. The average molecular weight is 305 g/mol. The number of nitrogens with two attached hydrogens (primary N) is 1. The third-order valence-corrected chi connectivity index (χ3v) is 2.72. The summed E-state index contributed by atoms with van der Waals surface area (Å²) < 4.78 is 4.54. The minimum Gasteiger partial charge on any atom is -0.464 e. The van der Waals surface area contributed by atoms with Crippen molar-refractivity contribution in [3.63, 3.8) is 0 Å². The Bertz CT molecular complexity index is 536. The van der Waals surface area contributed by atoms with Gasteiger partial charge in [0.2, 0.25) is 0 Å². The number of ether oxygens (including phenoxy) is 1. The number of anilines is 1. The minimum absolute atomic E-state index is 0.00773. The van der Waals surface area contributed by atoms with Gasteiger partial charge in [-0.05, 0) is 13.0 Å². The summed E-state index contributed by atoms with van der Waals surface area (Å²) in [6.07, 6.45) is -3.71. The van der Waals surface area contributed by atoms with E-state index in [1.807, 2.05) is 0 Å². The molecule has 1 rings (SSSR count). The summed E-state index contributed by atoms with van der Waals surface area (Å²) in [5.74, 6) is -1.07. The molecule has 2 atom stereocenters. The molecule has 1 aromatic rings. The first-order valence-corrected chi connectivity index (χ1v) is 5.93. The summed E-state index contributed by atoms with van der Waals surface area (Å²) in [7, 11) is 0. The molecule has 0 aromatic heterocycles. The lowest BCUT2D eigenvalue weighted by Crippen LogP contribution is -2.30. The maximum Gasteiger partial charge on any atom is 0.338 e. The molecule has 0 saturated heterocycles. The normalized spacial score (nSPS) is 13.6. The summed E-state index contributed by atoms with van der Waals surface area (Å²) in [5.41, 5.74) is 4.42. The number of hydrogen-bond acceptors (Lipinski definition) is 7. The number of nitro benzene ring substituents is 1. The van der Waals surface area contributed by atoms with Crippen LogP contribution in [0.15, 0.2) is 12.1 Å². The smallest absolute Gasteiger partial charge is 0.338 e. The van der Waals surface area contributed by atoms with Crippen LogP contribution in [0, 0.1) is 10.1 Å². The maximum atomic E-state index is 11.3. The fraction of sp³-hybridized carbons (Fsp3) is 0.364. The van der Waals surface area contributed by atoms with E-state index in [-0.39, 0.29) is 22.9 Å². The summed E-state index contributed by atoms with van der Waals surface area (Å²) in [6.45, 7) is 1.53. The lowest BCUT2D eigenvalue weighted by Gasteiger charge is -2.18. The Morgan fingerprint density at radius 1 is 1.55 bits per heavy atom. The molecule has 20 heavy (non-hydrogen) atoms. The number of rotatable bonds is 5. The van der Waals surface area contributed by atoms with Gasteiger partial charge in [-0.15, -0.1) is 0 Å². The molecule has 4 N–H and O–H groups in total. The van der Waals surface area contributed by atoms with Gasteiger partial charge in [-0.25, -0.2) is 4.79 Å². The predicted octanol–water partition coefficient (Wildman–Crippen LogP) is 0.788. The molecule has 0 aliphatic carbocycles. The van der Waals surface area contributed by atoms with Gasteiger partial charge in [0.1, 0.15) is 11.8 Å². The number of nitrogen functional groups attached to an aromatic ring is 1. The number of aliphatic hydroxyl groups is 2. The quantitative estimate of drug-likeness (QED) is 0.316. The first-order chi connectivity index (χ1) is 9.29. The van der Waals surface area contributed by atoms with E-state index in [1.54, 1.807) is 0 Å². The second-order valence-electron chi connectivity index (χ2n) is 3.83. The van der Waals surface area contributed by atoms with Gasteiger partial charge in [-0.3, -0.25) is 10.1 Å². The molecule has 0 bridgehead atoms. The number of aliphatic hydroxyl groups excluding tert-OH is 2. The molecule has 2 unspecified atom stereocenters. The Morgan fingerprint density at radius 2 is 2.15 bits per heavy atom. The molecule has 0 amide bonds. The second-order valence-corrected chi connectivity index (χ2v) is 4.26. The van der Waals surface area contributed by atoms with Crippen molar-refractivity contribution in [2.75, 3.05) is 12.3 Å². The van der Waals surface area contributed by atoms with Gasteiger partial charge in [0.25, 0.3) is 5.69 Å². The van der Waals surface area contributed by atoms with Crippen molar-refractivity contribution in [2.45, 2.75) is 19.1 Å². The first kappa shape index (κ1) is 16.2. The van der Waals surface area contributed by atoms with Gasteiger partial charge in [-0.1, -0.05) is 11.6 Å². The number of hydrogen-bond donors (Lipinski definition) is 3. The largest absolute Gasteiger partial charge is 0.464 e. The van der Waals surface area contributed by atoms with Crippen molar-refractivity contribution in [1.29, 1.82) is 0 Å². The van der Waals surface area contributed by atoms with Crippen molar-refractivity contribution >= 4 is 28.9 Å². The van der Waals surface area contributed by atoms with Crippen molar-refractivity contribution in [3.05, 3.63) is 32.8 Å². The highest BCUT2D eigenvalue weighted by Gasteiger charge is 2.31. The maximum absolute atomic E-state index is 11.3. The van der Waals surface area contributed by atoms with E-state index < -0.39 is 28.8 Å². The Labute approximate surface area is 118 Å². The molecule has 0 spiro atoms. The second kappa shape index (κ2) is 6.51.